The van der Waals surface area contributed by atoms with Crippen molar-refractivity contribution >= 4 is 23.5 Å². The molecule has 5 rings (SSSR count). The number of fused-ring (bicyclic) bond motifs is 1. The maximum atomic E-state index is 12.4. The third-order valence-electron chi connectivity index (χ3n) is 6.68. The maximum Gasteiger partial charge on any atom is 0.410 e. The molecule has 0 spiro atoms. The molecule has 2 N–H and O–H groups in total. The summed E-state index contributed by atoms with van der Waals surface area (Å²) < 4.78 is 46.4. The molecule has 11 nitrogen and oxygen atoms in total. The molecule has 14 heteroatoms. The van der Waals surface area contributed by atoms with Crippen LogP contribution in [-0.2, 0) is 4.74 Å². The Bertz CT molecular complexity index is 1580. The number of hydrogen-bond acceptors (Lipinski definition) is 6. The summed E-state index contributed by atoms with van der Waals surface area (Å²) in [5, 5.41) is 8.71. The fourth-order valence-corrected chi connectivity index (χ4v) is 4.70. The molecule has 5 heterocycles. The predicted molar refractivity (Wildman–Crippen MR) is 149 cm³/mol. The van der Waals surface area contributed by atoms with Gasteiger partial charge in [0.25, 0.3) is 0 Å². The van der Waals surface area contributed by atoms with Crippen LogP contribution in [-0.4, -0.2) is 72.6 Å². The summed E-state index contributed by atoms with van der Waals surface area (Å²) in [6, 6.07) is 4.66. The van der Waals surface area contributed by atoms with Crippen molar-refractivity contribution in [1.82, 2.24) is 34.4 Å². The molecule has 1 fully saturated rings. The van der Waals surface area contributed by atoms with Crippen LogP contribution in [0.1, 0.15) is 39.7 Å². The highest BCUT2D eigenvalue weighted by atomic mass is 19.4. The lowest BCUT2D eigenvalue weighted by atomic mass is 10.1. The topological polar surface area (TPSA) is 119 Å². The zero-order chi connectivity index (χ0) is 30.1. The van der Waals surface area contributed by atoms with Crippen LogP contribution in [0, 0.1) is 0 Å². The quantitative estimate of drug-likeness (QED) is 0.319. The Morgan fingerprint density at radius 1 is 1.02 bits per heavy atom. The van der Waals surface area contributed by atoms with Crippen molar-refractivity contribution in [2.24, 2.45) is 0 Å². The first-order valence-electron chi connectivity index (χ1n) is 13.4. The van der Waals surface area contributed by atoms with Gasteiger partial charge < -0.3 is 20.3 Å². The van der Waals surface area contributed by atoms with Crippen molar-refractivity contribution in [3.63, 3.8) is 0 Å². The second-order valence-corrected chi connectivity index (χ2v) is 11.1. The second-order valence-electron chi connectivity index (χ2n) is 11.1. The number of carbonyl (C=O) groups is 2. The first kappa shape index (κ1) is 28.9. The van der Waals surface area contributed by atoms with Gasteiger partial charge in [-0.3, -0.25) is 14.1 Å². The van der Waals surface area contributed by atoms with Crippen molar-refractivity contribution in [3.05, 3.63) is 55.4 Å². The minimum absolute atomic E-state index is 0.170. The van der Waals surface area contributed by atoms with E-state index in [2.05, 4.69) is 20.4 Å². The van der Waals surface area contributed by atoms with Crippen LogP contribution in [0.3, 0.4) is 0 Å². The average Bonchev–Trinajstić information content (AvgIpc) is 3.58. The lowest BCUT2D eigenvalue weighted by molar-refractivity contribution is -0.122. The fraction of sp³-hybridized carbons (Fsp3) is 0.393. The number of ether oxygens (including phenoxy) is 1. The molecule has 1 aliphatic heterocycles. The number of rotatable bonds is 5. The maximum absolute atomic E-state index is 12.4. The molecular weight excluding hydrogens is 553 g/mol. The third-order valence-corrected chi connectivity index (χ3v) is 6.68. The Morgan fingerprint density at radius 2 is 1.79 bits per heavy atom. The zero-order valence-corrected chi connectivity index (χ0v) is 23.4. The summed E-state index contributed by atoms with van der Waals surface area (Å²) in [5.41, 5.74) is 3.54. The van der Waals surface area contributed by atoms with Crippen LogP contribution in [0.25, 0.3) is 28.0 Å². The van der Waals surface area contributed by atoms with Gasteiger partial charge in [-0.25, -0.2) is 14.6 Å². The molecule has 0 aromatic carbocycles. The van der Waals surface area contributed by atoms with Crippen molar-refractivity contribution in [2.45, 2.75) is 51.4 Å². The van der Waals surface area contributed by atoms with Crippen LogP contribution in [0.4, 0.5) is 28.4 Å². The summed E-state index contributed by atoms with van der Waals surface area (Å²) in [7, 11) is 0. The molecule has 0 aliphatic carbocycles. The minimum atomic E-state index is -4.51. The number of hydrogen-bond donors (Lipinski definition) is 2. The first-order valence-corrected chi connectivity index (χ1v) is 13.4. The van der Waals surface area contributed by atoms with Crippen LogP contribution >= 0.6 is 0 Å². The van der Waals surface area contributed by atoms with Gasteiger partial charge in [0, 0.05) is 42.8 Å². The van der Waals surface area contributed by atoms with Crippen LogP contribution in [0.15, 0.2) is 55.4 Å². The normalized spacial score (nSPS) is 14.7. The van der Waals surface area contributed by atoms with Crippen molar-refractivity contribution in [2.75, 3.05) is 25.0 Å². The highest BCUT2D eigenvalue weighted by Gasteiger charge is 2.29. The van der Waals surface area contributed by atoms with E-state index in [1.54, 1.807) is 34.9 Å². The number of halogens is 3. The van der Waals surface area contributed by atoms with Crippen molar-refractivity contribution in [1.29, 1.82) is 0 Å². The Balaban J connectivity index is 1.25. The van der Waals surface area contributed by atoms with Crippen LogP contribution < -0.4 is 10.6 Å². The van der Waals surface area contributed by atoms with Crippen LogP contribution in [0.2, 0.25) is 0 Å². The third kappa shape index (κ3) is 6.98. The van der Waals surface area contributed by atoms with E-state index in [9.17, 15) is 22.8 Å². The Hall–Kier alpha value is -4.62. The molecule has 0 atom stereocenters. The largest absolute Gasteiger partial charge is 0.444 e. The number of aromatic nitrogens is 5. The molecule has 0 unspecified atom stereocenters. The first-order chi connectivity index (χ1) is 19.8. The number of imidazole rings is 1. The van der Waals surface area contributed by atoms with E-state index in [-0.39, 0.29) is 17.8 Å². The number of piperidine rings is 1. The number of nitrogens with zero attached hydrogens (tertiary/aromatic N) is 6. The van der Waals surface area contributed by atoms with E-state index in [4.69, 9.17) is 4.74 Å². The zero-order valence-electron chi connectivity index (χ0n) is 23.4. The Kier molecular flexibility index (Phi) is 7.80. The average molecular weight is 585 g/mol. The molecule has 4 aromatic heterocycles. The molecule has 0 saturated carbocycles. The van der Waals surface area contributed by atoms with Crippen molar-refractivity contribution < 1.29 is 27.5 Å². The van der Waals surface area contributed by atoms with Gasteiger partial charge in [0.15, 0.2) is 0 Å². The summed E-state index contributed by atoms with van der Waals surface area (Å²) in [4.78, 5) is 34.6. The van der Waals surface area contributed by atoms with E-state index in [1.165, 1.54) is 6.20 Å². The van der Waals surface area contributed by atoms with Gasteiger partial charge in [0.05, 0.1) is 36.0 Å². The van der Waals surface area contributed by atoms with E-state index in [0.29, 0.717) is 30.0 Å². The van der Waals surface area contributed by atoms with E-state index >= 15 is 0 Å². The number of nitrogens with one attached hydrogen (secondary N) is 2. The van der Waals surface area contributed by atoms with Gasteiger partial charge in [-0.05, 0) is 57.4 Å². The SMILES string of the molecule is CC(C)(C)OC(=O)N1CCC(n2cc(-c3ccn4c(-c5cncc(NC(=O)NCC(F)(F)F)c5)cnc4c3)cn2)CC1. The Morgan fingerprint density at radius 3 is 2.50 bits per heavy atom. The monoisotopic (exact) mass is 584 g/mol. The summed E-state index contributed by atoms with van der Waals surface area (Å²) in [6.45, 7) is 5.32. The number of likely N-dealkylation sites (tertiary alicyclic amines) is 1. The van der Waals surface area contributed by atoms with Gasteiger partial charge in [0.2, 0.25) is 0 Å². The molecule has 222 valence electrons. The predicted octanol–water partition coefficient (Wildman–Crippen LogP) is 5.52. The number of anilines is 1. The highest BCUT2D eigenvalue weighted by molar-refractivity contribution is 5.89. The number of alkyl halides is 3. The molecule has 0 bridgehead atoms. The number of amides is 3. The van der Waals surface area contributed by atoms with Crippen molar-refractivity contribution in [3.8, 4) is 22.4 Å². The molecule has 0 radical (unpaired) electrons. The number of pyridine rings is 2. The Labute approximate surface area is 239 Å². The summed E-state index contributed by atoms with van der Waals surface area (Å²) in [6.07, 6.45) is 6.98. The summed E-state index contributed by atoms with van der Waals surface area (Å²) >= 11 is 0. The lowest BCUT2D eigenvalue weighted by Crippen LogP contribution is -2.42. The van der Waals surface area contributed by atoms with Gasteiger partial charge in [-0.15, -0.1) is 0 Å². The lowest BCUT2D eigenvalue weighted by Gasteiger charge is -2.33. The van der Waals surface area contributed by atoms with Gasteiger partial charge >= 0.3 is 18.3 Å². The molecule has 42 heavy (non-hydrogen) atoms. The second kappa shape index (κ2) is 11.3. The smallest absolute Gasteiger partial charge is 0.410 e. The molecular formula is C28H31F3N8O3. The van der Waals surface area contributed by atoms with E-state index in [1.807, 2.05) is 54.4 Å². The van der Waals surface area contributed by atoms with Gasteiger partial charge in [-0.2, -0.15) is 18.3 Å². The number of carbonyl (C=O) groups excluding carboxylic acids is 2. The standard InChI is InChI=1S/C28H31F3N8O3/c1-27(2,3)42-26(41)37-7-5-22(6-8-37)39-16-20(13-35-39)18-4-9-38-23(15-33-24(38)11-18)19-10-21(14-32-12-19)36-25(40)34-17-28(29,30)31/h4,9-16,22H,5-8,17H2,1-3H3,(H2,34,36,40). The molecule has 4 aromatic rings. The van der Waals surface area contributed by atoms with Gasteiger partial charge in [-0.1, -0.05) is 0 Å². The minimum Gasteiger partial charge on any atom is -0.444 e. The summed E-state index contributed by atoms with van der Waals surface area (Å²) in [5.74, 6) is 0. The van der Waals surface area contributed by atoms with Crippen LogP contribution in [0.5, 0.6) is 0 Å². The van der Waals surface area contributed by atoms with E-state index in [0.717, 1.165) is 24.0 Å². The molecule has 1 saturated heterocycles. The van der Waals surface area contributed by atoms with E-state index < -0.39 is 24.4 Å². The fourth-order valence-electron chi connectivity index (χ4n) is 4.70. The van der Waals surface area contributed by atoms with Gasteiger partial charge in [0.1, 0.15) is 17.8 Å². The molecule has 3 amide bonds. The highest BCUT2D eigenvalue weighted by Crippen LogP contribution is 2.29. The number of urea groups is 1. The molecule has 1 aliphatic rings.